The van der Waals surface area contributed by atoms with Crippen molar-refractivity contribution in [2.75, 3.05) is 6.61 Å². The Hall–Kier alpha value is -1.89. The summed E-state index contributed by atoms with van der Waals surface area (Å²) in [7, 11) is 0. The van der Waals surface area contributed by atoms with Crippen LogP contribution in [-0.2, 0) is 16.0 Å². The third-order valence-corrected chi connectivity index (χ3v) is 1.96. The minimum atomic E-state index is -1.16. The van der Waals surface area contributed by atoms with E-state index in [0.29, 0.717) is 11.5 Å². The normalized spacial score (nSPS) is 12.1. The molecule has 7 nitrogen and oxygen atoms in total. The average Bonchev–Trinajstić information content (AvgIpc) is 2.62. The minimum Gasteiger partial charge on any atom is -0.480 e. The molecule has 0 spiro atoms. The van der Waals surface area contributed by atoms with Gasteiger partial charge < -0.3 is 20.5 Å². The van der Waals surface area contributed by atoms with Crippen molar-refractivity contribution in [2.45, 2.75) is 19.4 Å². The van der Waals surface area contributed by atoms with Crippen molar-refractivity contribution in [3.63, 3.8) is 0 Å². The molecule has 0 aliphatic heterocycles. The number of aliphatic carboxylic acids is 1. The van der Waals surface area contributed by atoms with Crippen LogP contribution in [-0.4, -0.2) is 44.7 Å². The molecule has 16 heavy (non-hydrogen) atoms. The molecular formula is C9H13N3O4. The fraction of sp³-hybridized carbons (Fsp3) is 0.444. The second-order valence-corrected chi connectivity index (χ2v) is 3.31. The van der Waals surface area contributed by atoms with E-state index in [1.165, 1.54) is 6.20 Å². The van der Waals surface area contributed by atoms with Crippen LogP contribution in [0.3, 0.4) is 0 Å². The number of aliphatic hydroxyl groups is 1. The smallest absolute Gasteiger partial charge is 0.326 e. The summed E-state index contributed by atoms with van der Waals surface area (Å²) in [6.07, 6.45) is 1.61. The Morgan fingerprint density at radius 1 is 1.62 bits per heavy atom. The summed E-state index contributed by atoms with van der Waals surface area (Å²) in [5, 5.41) is 19.6. The average molecular weight is 227 g/mol. The van der Waals surface area contributed by atoms with Gasteiger partial charge in [-0.05, 0) is 6.92 Å². The summed E-state index contributed by atoms with van der Waals surface area (Å²) in [5.41, 5.74) is 0.614. The molecule has 1 heterocycles. The molecule has 0 aliphatic rings. The first kappa shape index (κ1) is 12.2. The summed E-state index contributed by atoms with van der Waals surface area (Å²) in [4.78, 5) is 28.5. The van der Waals surface area contributed by atoms with E-state index in [2.05, 4.69) is 15.3 Å². The van der Waals surface area contributed by atoms with E-state index < -0.39 is 24.5 Å². The van der Waals surface area contributed by atoms with E-state index in [9.17, 15) is 9.59 Å². The number of nitrogens with one attached hydrogen (secondary N) is 2. The highest BCUT2D eigenvalue weighted by Crippen LogP contribution is 2.01. The largest absolute Gasteiger partial charge is 0.480 e. The Morgan fingerprint density at radius 2 is 2.31 bits per heavy atom. The Bertz CT molecular complexity index is 388. The number of carboxylic acids is 1. The van der Waals surface area contributed by atoms with Gasteiger partial charge in [0.15, 0.2) is 0 Å². The monoisotopic (exact) mass is 227 g/mol. The molecule has 4 N–H and O–H groups in total. The molecule has 0 aliphatic carbocycles. The second-order valence-electron chi connectivity index (χ2n) is 3.31. The number of amides is 1. The standard InChI is InChI=1S/C9H13N3O4/c1-5-10-3-6(11-5)2-7(9(15)16)12-8(14)4-13/h3,7,13H,2,4H2,1H3,(H,10,11)(H,12,14)(H,15,16). The van der Waals surface area contributed by atoms with E-state index in [-0.39, 0.29) is 6.42 Å². The van der Waals surface area contributed by atoms with Gasteiger partial charge >= 0.3 is 5.97 Å². The van der Waals surface area contributed by atoms with E-state index in [0.717, 1.165) is 0 Å². The molecule has 0 fully saturated rings. The predicted octanol–water partition coefficient (Wildman–Crippen LogP) is -1.18. The van der Waals surface area contributed by atoms with Gasteiger partial charge in [-0.25, -0.2) is 9.78 Å². The molecule has 1 aromatic heterocycles. The van der Waals surface area contributed by atoms with Crippen LogP contribution in [0.4, 0.5) is 0 Å². The molecule has 1 rings (SSSR count). The highest BCUT2D eigenvalue weighted by molar-refractivity contribution is 5.84. The number of hydrogen-bond acceptors (Lipinski definition) is 4. The number of aromatic amines is 1. The number of nitrogens with zero attached hydrogens (tertiary/aromatic N) is 1. The zero-order chi connectivity index (χ0) is 12.1. The van der Waals surface area contributed by atoms with Crippen molar-refractivity contribution in [1.82, 2.24) is 15.3 Å². The number of carbonyl (C=O) groups excluding carboxylic acids is 1. The zero-order valence-corrected chi connectivity index (χ0v) is 8.73. The van der Waals surface area contributed by atoms with Crippen LogP contribution in [0.2, 0.25) is 0 Å². The maximum absolute atomic E-state index is 10.9. The Labute approximate surface area is 91.5 Å². The minimum absolute atomic E-state index is 0.0991. The summed E-state index contributed by atoms with van der Waals surface area (Å²) >= 11 is 0. The first-order chi connectivity index (χ1) is 7.52. The summed E-state index contributed by atoms with van der Waals surface area (Å²) in [6.45, 7) is 1.01. The first-order valence-electron chi connectivity index (χ1n) is 4.66. The quantitative estimate of drug-likeness (QED) is 0.505. The van der Waals surface area contributed by atoms with Gasteiger partial charge in [-0.15, -0.1) is 0 Å². The van der Waals surface area contributed by atoms with Gasteiger partial charge in [0.25, 0.3) is 0 Å². The molecular weight excluding hydrogens is 214 g/mol. The fourth-order valence-electron chi connectivity index (χ4n) is 1.24. The summed E-state index contributed by atoms with van der Waals surface area (Å²) in [5.74, 6) is -1.20. The molecule has 0 saturated heterocycles. The summed E-state index contributed by atoms with van der Waals surface area (Å²) in [6, 6.07) is -1.07. The highest BCUT2D eigenvalue weighted by Gasteiger charge is 2.20. The molecule has 1 atom stereocenters. The molecule has 0 saturated carbocycles. The van der Waals surface area contributed by atoms with Crippen molar-refractivity contribution in [1.29, 1.82) is 0 Å². The van der Waals surface area contributed by atoms with Crippen molar-refractivity contribution < 1.29 is 19.8 Å². The van der Waals surface area contributed by atoms with Gasteiger partial charge in [-0.3, -0.25) is 4.79 Å². The molecule has 1 aromatic rings. The highest BCUT2D eigenvalue weighted by atomic mass is 16.4. The maximum Gasteiger partial charge on any atom is 0.326 e. The van der Waals surface area contributed by atoms with Crippen molar-refractivity contribution in [2.24, 2.45) is 0 Å². The molecule has 88 valence electrons. The van der Waals surface area contributed by atoms with Crippen LogP contribution in [0.25, 0.3) is 0 Å². The van der Waals surface area contributed by atoms with E-state index in [1.54, 1.807) is 6.92 Å². The van der Waals surface area contributed by atoms with Crippen LogP contribution in [0.15, 0.2) is 6.20 Å². The molecule has 1 amide bonds. The summed E-state index contributed by atoms with van der Waals surface area (Å²) < 4.78 is 0. The zero-order valence-electron chi connectivity index (χ0n) is 8.73. The Kier molecular flexibility index (Phi) is 4.01. The lowest BCUT2D eigenvalue weighted by Crippen LogP contribution is -2.43. The van der Waals surface area contributed by atoms with E-state index in [1.807, 2.05) is 0 Å². The third kappa shape index (κ3) is 3.35. The Balaban J connectivity index is 2.65. The SMILES string of the molecule is Cc1ncc(CC(NC(=O)CO)C(=O)O)[nH]1. The van der Waals surface area contributed by atoms with E-state index >= 15 is 0 Å². The van der Waals surface area contributed by atoms with E-state index in [4.69, 9.17) is 10.2 Å². The fourth-order valence-corrected chi connectivity index (χ4v) is 1.24. The van der Waals surface area contributed by atoms with Crippen LogP contribution in [0.1, 0.15) is 11.5 Å². The predicted molar refractivity (Wildman–Crippen MR) is 53.7 cm³/mol. The van der Waals surface area contributed by atoms with Gasteiger partial charge in [0, 0.05) is 18.3 Å². The molecule has 0 aromatic carbocycles. The molecule has 1 unspecified atom stereocenters. The van der Waals surface area contributed by atoms with Gasteiger partial charge in [-0.1, -0.05) is 0 Å². The van der Waals surface area contributed by atoms with Crippen LogP contribution in [0, 0.1) is 6.92 Å². The lowest BCUT2D eigenvalue weighted by atomic mass is 10.1. The number of hydrogen-bond donors (Lipinski definition) is 4. The number of aryl methyl sites for hydroxylation is 1. The Morgan fingerprint density at radius 3 is 2.75 bits per heavy atom. The van der Waals surface area contributed by atoms with Crippen LogP contribution >= 0.6 is 0 Å². The second kappa shape index (κ2) is 5.26. The van der Waals surface area contributed by atoms with Crippen LogP contribution in [0.5, 0.6) is 0 Å². The van der Waals surface area contributed by atoms with Crippen LogP contribution < -0.4 is 5.32 Å². The van der Waals surface area contributed by atoms with Crippen molar-refractivity contribution >= 4 is 11.9 Å². The van der Waals surface area contributed by atoms with Gasteiger partial charge in [0.2, 0.25) is 5.91 Å². The number of imidazole rings is 1. The van der Waals surface area contributed by atoms with Gasteiger partial charge in [0.05, 0.1) is 0 Å². The molecule has 7 heteroatoms. The number of rotatable bonds is 5. The maximum atomic E-state index is 10.9. The first-order valence-corrected chi connectivity index (χ1v) is 4.66. The van der Waals surface area contributed by atoms with Crippen molar-refractivity contribution in [3.8, 4) is 0 Å². The van der Waals surface area contributed by atoms with Crippen molar-refractivity contribution in [3.05, 3.63) is 17.7 Å². The lowest BCUT2D eigenvalue weighted by Gasteiger charge is -2.12. The lowest BCUT2D eigenvalue weighted by molar-refractivity contribution is -0.142. The van der Waals surface area contributed by atoms with Gasteiger partial charge in [0.1, 0.15) is 18.5 Å². The third-order valence-electron chi connectivity index (χ3n) is 1.96. The molecule has 0 radical (unpaired) electrons. The number of carbonyl (C=O) groups is 2. The topological polar surface area (TPSA) is 115 Å². The number of aromatic nitrogens is 2. The number of carboxylic acid groups (broad SMARTS) is 1. The van der Waals surface area contributed by atoms with Gasteiger partial charge in [-0.2, -0.15) is 0 Å². The number of H-pyrrole nitrogens is 1. The molecule has 0 bridgehead atoms. The number of aliphatic hydroxyl groups excluding tert-OH is 1.